The van der Waals surface area contributed by atoms with Crippen molar-refractivity contribution in [3.63, 3.8) is 0 Å². The summed E-state index contributed by atoms with van der Waals surface area (Å²) in [5, 5.41) is 17.7. The van der Waals surface area contributed by atoms with Crippen LogP contribution in [0.2, 0.25) is 0 Å². The molecular weight excluding hydrogens is 646 g/mol. The molecule has 3 aromatic heterocycles. The van der Waals surface area contributed by atoms with E-state index in [1.807, 2.05) is 47.9 Å². The van der Waals surface area contributed by atoms with Crippen molar-refractivity contribution >= 4 is 45.4 Å². The van der Waals surface area contributed by atoms with Gasteiger partial charge in [-0.1, -0.05) is 31.1 Å². The van der Waals surface area contributed by atoms with E-state index < -0.39 is 47.6 Å². The molecule has 49 heavy (non-hydrogen) atoms. The number of pyridine rings is 2. The number of aliphatic carboxylic acids is 1. The van der Waals surface area contributed by atoms with Gasteiger partial charge < -0.3 is 30.1 Å². The Labute approximate surface area is 288 Å². The van der Waals surface area contributed by atoms with Gasteiger partial charge in [0.15, 0.2) is 0 Å². The Bertz CT molecular complexity index is 1740. The molecule has 4 aliphatic rings. The molecule has 0 radical (unpaired) electrons. The zero-order chi connectivity index (χ0) is 34.0. The van der Waals surface area contributed by atoms with Crippen molar-refractivity contribution < 1.29 is 33.8 Å². The van der Waals surface area contributed by atoms with Crippen molar-refractivity contribution in [1.29, 1.82) is 0 Å². The second-order valence-corrected chi connectivity index (χ2v) is 14.4. The molecule has 3 aromatic rings. The van der Waals surface area contributed by atoms with Crippen LogP contribution >= 0.6 is 11.3 Å². The molecule has 0 spiro atoms. The molecule has 0 bridgehead atoms. The molecule has 2 saturated carbocycles. The molecule has 2 aliphatic heterocycles. The number of carboxylic acid groups (broad SMARTS) is 1. The molecular formula is C36H41N5O7S. The maximum atomic E-state index is 14.4. The third kappa shape index (κ3) is 7.12. The summed E-state index contributed by atoms with van der Waals surface area (Å²) in [6, 6.07) is 7.39. The molecule has 7 rings (SSSR count). The van der Waals surface area contributed by atoms with Crippen LogP contribution in [-0.4, -0.2) is 80.2 Å². The van der Waals surface area contributed by atoms with Gasteiger partial charge in [0.1, 0.15) is 35.6 Å². The number of hydrogen-bond acceptors (Lipinski definition) is 9. The number of hydrogen-bond donors (Lipinski definition) is 3. The molecule has 258 valence electrons. The maximum absolute atomic E-state index is 14.4. The quantitative estimate of drug-likeness (QED) is 0.295. The van der Waals surface area contributed by atoms with Crippen LogP contribution in [0, 0.1) is 5.92 Å². The van der Waals surface area contributed by atoms with Crippen molar-refractivity contribution in [3.8, 4) is 17.1 Å². The number of carbonyl (C=O) groups excluding carboxylic acids is 3. The van der Waals surface area contributed by atoms with E-state index in [1.165, 1.54) is 16.2 Å². The van der Waals surface area contributed by atoms with Crippen LogP contribution in [0.5, 0.6) is 5.75 Å². The number of aromatic nitrogens is 2. The lowest BCUT2D eigenvalue weighted by Gasteiger charge is -2.29. The highest BCUT2D eigenvalue weighted by Crippen LogP contribution is 2.45. The predicted molar refractivity (Wildman–Crippen MR) is 182 cm³/mol. The minimum absolute atomic E-state index is 0.0737. The summed E-state index contributed by atoms with van der Waals surface area (Å²) in [6.45, 7) is 0.0737. The minimum Gasteiger partial charge on any atom is -0.487 e. The Morgan fingerprint density at radius 1 is 1.04 bits per heavy atom. The Kier molecular flexibility index (Phi) is 9.53. The summed E-state index contributed by atoms with van der Waals surface area (Å²) >= 11 is 1.48. The minimum atomic E-state index is -1.42. The molecule has 3 fully saturated rings. The fourth-order valence-electron chi connectivity index (χ4n) is 7.32. The van der Waals surface area contributed by atoms with Crippen molar-refractivity contribution in [2.75, 3.05) is 6.54 Å². The number of alkyl carbamates (subject to hydrolysis) is 1. The van der Waals surface area contributed by atoms with Crippen LogP contribution in [0.3, 0.4) is 0 Å². The average molecular weight is 688 g/mol. The summed E-state index contributed by atoms with van der Waals surface area (Å²) in [4.78, 5) is 64.5. The van der Waals surface area contributed by atoms with Gasteiger partial charge in [0.25, 0.3) is 0 Å². The summed E-state index contributed by atoms with van der Waals surface area (Å²) in [6.07, 6.45) is 11.7. The van der Waals surface area contributed by atoms with Crippen LogP contribution in [0.1, 0.15) is 70.6 Å². The molecule has 12 nitrogen and oxygen atoms in total. The van der Waals surface area contributed by atoms with Crippen molar-refractivity contribution in [2.45, 2.75) is 100 Å². The molecule has 5 atom stereocenters. The van der Waals surface area contributed by atoms with E-state index in [9.17, 15) is 24.3 Å². The van der Waals surface area contributed by atoms with Crippen molar-refractivity contribution in [1.82, 2.24) is 25.5 Å². The number of fused-ring (bicyclic) bond motifs is 3. The Hall–Kier alpha value is -4.52. The van der Waals surface area contributed by atoms with Gasteiger partial charge in [-0.15, -0.1) is 11.3 Å². The van der Waals surface area contributed by atoms with Gasteiger partial charge in [-0.05, 0) is 74.9 Å². The first-order valence-corrected chi connectivity index (χ1v) is 18.1. The Balaban J connectivity index is 1.18. The monoisotopic (exact) mass is 687 g/mol. The largest absolute Gasteiger partial charge is 0.487 e. The van der Waals surface area contributed by atoms with E-state index in [4.69, 9.17) is 14.5 Å². The lowest BCUT2D eigenvalue weighted by atomic mass is 10.0. The predicted octanol–water partition coefficient (Wildman–Crippen LogP) is 5.22. The normalized spacial score (nSPS) is 28.4. The smallest absolute Gasteiger partial charge is 0.408 e. The average Bonchev–Trinajstić information content (AvgIpc) is 3.54. The van der Waals surface area contributed by atoms with Crippen LogP contribution in [-0.2, 0) is 19.1 Å². The second kappa shape index (κ2) is 14.1. The fourth-order valence-corrected chi connectivity index (χ4v) is 8.11. The summed E-state index contributed by atoms with van der Waals surface area (Å²) < 4.78 is 13.1. The highest BCUT2D eigenvalue weighted by molar-refractivity contribution is 7.17. The number of nitrogens with one attached hydrogen (secondary N) is 2. The number of thiophene rings is 1. The van der Waals surface area contributed by atoms with E-state index in [0.717, 1.165) is 55.2 Å². The first-order valence-electron chi connectivity index (χ1n) is 17.3. The summed E-state index contributed by atoms with van der Waals surface area (Å²) in [5.41, 5.74) is 0.630. The van der Waals surface area contributed by atoms with E-state index in [0.29, 0.717) is 30.0 Å². The Morgan fingerprint density at radius 2 is 1.88 bits per heavy atom. The summed E-state index contributed by atoms with van der Waals surface area (Å²) in [7, 11) is 0. The molecule has 5 heterocycles. The van der Waals surface area contributed by atoms with Crippen LogP contribution < -0.4 is 15.4 Å². The van der Waals surface area contributed by atoms with Gasteiger partial charge in [-0.2, -0.15) is 0 Å². The van der Waals surface area contributed by atoms with Crippen LogP contribution in [0.4, 0.5) is 4.79 Å². The fraction of sp³-hybridized carbons (Fsp3) is 0.500. The molecule has 3 N–H and O–H groups in total. The topological polar surface area (TPSA) is 160 Å². The summed E-state index contributed by atoms with van der Waals surface area (Å²) in [5.74, 6) is -1.83. The molecule has 3 amide bonds. The first-order chi connectivity index (χ1) is 23.8. The number of allylic oxidation sites excluding steroid dienone is 1. The molecule has 1 saturated heterocycles. The van der Waals surface area contributed by atoms with Gasteiger partial charge in [0.2, 0.25) is 11.8 Å². The zero-order valence-corrected chi connectivity index (χ0v) is 28.0. The number of nitrogens with zero attached hydrogens (tertiary/aromatic N) is 3. The van der Waals surface area contributed by atoms with Crippen molar-refractivity contribution in [3.05, 3.63) is 54.1 Å². The van der Waals surface area contributed by atoms with E-state index in [2.05, 4.69) is 15.6 Å². The van der Waals surface area contributed by atoms with Gasteiger partial charge in [0.05, 0.1) is 28.1 Å². The maximum Gasteiger partial charge on any atom is 0.408 e. The Morgan fingerprint density at radius 3 is 2.67 bits per heavy atom. The van der Waals surface area contributed by atoms with Crippen molar-refractivity contribution in [2.24, 2.45) is 5.92 Å². The zero-order valence-electron chi connectivity index (χ0n) is 27.2. The van der Waals surface area contributed by atoms with Gasteiger partial charge in [-0.3, -0.25) is 14.6 Å². The highest BCUT2D eigenvalue weighted by Gasteiger charge is 2.61. The molecule has 13 heteroatoms. The number of ether oxygens (including phenoxy) is 2. The van der Waals surface area contributed by atoms with Gasteiger partial charge in [-0.25, -0.2) is 14.6 Å². The molecule has 0 unspecified atom stereocenters. The number of amides is 3. The van der Waals surface area contributed by atoms with Gasteiger partial charge in [0, 0.05) is 24.6 Å². The van der Waals surface area contributed by atoms with Crippen LogP contribution in [0.15, 0.2) is 54.1 Å². The van der Waals surface area contributed by atoms with E-state index in [1.54, 1.807) is 6.20 Å². The lowest BCUT2D eigenvalue weighted by molar-refractivity contribution is -0.145. The van der Waals surface area contributed by atoms with Gasteiger partial charge >= 0.3 is 12.1 Å². The lowest BCUT2D eigenvalue weighted by Crippen LogP contribution is -2.56. The number of rotatable bonds is 6. The third-order valence-electron chi connectivity index (χ3n) is 10.1. The van der Waals surface area contributed by atoms with Crippen LogP contribution in [0.25, 0.3) is 21.6 Å². The highest BCUT2D eigenvalue weighted by atomic mass is 32.1. The standard InChI is InChI=1S/C36H41N5O7S/c42-32-29-18-24(47-30-19-28(25-13-8-9-16-37-25)38-26-15-17-49-31(26)30)21-41(29)33(43)27(39-35(46)48-23-11-6-7-12-23)14-5-3-1-2-4-10-22-20-36(22,40-32)34(44)45/h4,8-10,13,15-17,19,22-24,27,29H,1-3,5-7,11-12,14,18,20-21H2,(H,39,46)(H,40,42)(H,44,45)/b10-4-/t22-,24-,27+,29+,36-/m1/s1. The third-order valence-corrected chi connectivity index (χ3v) is 11.0. The molecule has 0 aromatic carbocycles. The van der Waals surface area contributed by atoms with E-state index >= 15 is 0 Å². The first kappa shape index (κ1) is 33.0. The number of carboxylic acids is 1. The second-order valence-electron chi connectivity index (χ2n) is 13.5. The SMILES string of the molecule is O=C(N[C@H]1CCCCC/C=C\[C@@H]2C[C@@]2(C(=O)O)NC(=O)[C@@H]2C[C@@H](Oc3cc(-c4ccccn4)nc4ccsc34)CN2C1=O)OC1CCCC1. The molecule has 2 aliphatic carbocycles. The number of carbonyl (C=O) groups is 4. The van der Waals surface area contributed by atoms with E-state index in [-0.39, 0.29) is 31.4 Å².